The maximum absolute atomic E-state index is 16.5. The van der Waals surface area contributed by atoms with Gasteiger partial charge in [0.1, 0.15) is 11.9 Å². The largest absolute Gasteiger partial charge is 0.455 e. The number of hydrogen-bond donors (Lipinski definition) is 1. The molecule has 0 spiro atoms. The Bertz CT molecular complexity index is 1580. The molecular weight excluding hydrogens is 615 g/mol. The highest BCUT2D eigenvalue weighted by molar-refractivity contribution is 6.07. The van der Waals surface area contributed by atoms with Crippen molar-refractivity contribution in [2.75, 3.05) is 6.61 Å². The number of alkyl carbamates (subject to hydrolysis) is 1. The van der Waals surface area contributed by atoms with Gasteiger partial charge in [-0.15, -0.1) is 0 Å². The maximum Gasteiger partial charge on any atom is 0.408 e. The molecule has 2 fully saturated rings. The van der Waals surface area contributed by atoms with Gasteiger partial charge in [-0.05, 0) is 56.7 Å². The van der Waals surface area contributed by atoms with E-state index in [2.05, 4.69) is 10.3 Å². The number of benzene rings is 1. The number of ketones is 2. The number of carbonyl (C=O) groups is 4. The molecule has 2 saturated heterocycles. The van der Waals surface area contributed by atoms with Crippen molar-refractivity contribution in [3.63, 3.8) is 0 Å². The standard InChI is InChI=1S/C38H51FN2O7/c1-11-28-38(10)31(41-34(45)48-38)23(3)29(42)22(2)20-36(8,30(35(5,6)7)24(4)32(43)37(9,39)33(44)47-28)46-18-14-15-25-19-26-16-12-13-17-27(26)40-21-25/h12-17,19,21-24,28,30-31H,11,18,20H2,1-10H3,(H,41,45)/b15-14+/t22-,23+,24-,28-,30+,31-,36-,37+,38-/m1/s1. The molecule has 262 valence electrons. The molecule has 10 heteroatoms. The van der Waals surface area contributed by atoms with Crippen LogP contribution in [0.15, 0.2) is 42.6 Å². The minimum atomic E-state index is -3.00. The number of Topliss-reactive ketones (excluding diaryl/α,β-unsaturated/α-hetero) is 2. The molecule has 1 amide bonds. The summed E-state index contributed by atoms with van der Waals surface area (Å²) in [7, 11) is 0. The van der Waals surface area contributed by atoms with Gasteiger partial charge in [0.2, 0.25) is 0 Å². The Morgan fingerprint density at radius 3 is 2.38 bits per heavy atom. The summed E-state index contributed by atoms with van der Waals surface area (Å²) in [5, 5.41) is 3.73. The molecule has 0 aliphatic carbocycles. The molecular formula is C38H51FN2O7. The van der Waals surface area contributed by atoms with Gasteiger partial charge < -0.3 is 19.5 Å². The third-order valence-corrected chi connectivity index (χ3v) is 10.4. The summed E-state index contributed by atoms with van der Waals surface area (Å²) < 4.78 is 34.5. The van der Waals surface area contributed by atoms with Gasteiger partial charge in [0.15, 0.2) is 11.4 Å². The third-order valence-electron chi connectivity index (χ3n) is 10.4. The summed E-state index contributed by atoms with van der Waals surface area (Å²) in [4.78, 5) is 58.8. The van der Waals surface area contributed by atoms with Gasteiger partial charge in [-0.3, -0.25) is 14.6 Å². The monoisotopic (exact) mass is 666 g/mol. The zero-order valence-electron chi connectivity index (χ0n) is 29.9. The number of hydrogen-bond acceptors (Lipinski definition) is 8. The fourth-order valence-corrected chi connectivity index (χ4v) is 8.37. The zero-order chi connectivity index (χ0) is 35.8. The molecule has 0 saturated carbocycles. The Balaban J connectivity index is 1.76. The lowest BCUT2D eigenvalue weighted by atomic mass is 9.60. The normalized spacial score (nSPS) is 35.6. The Hall–Kier alpha value is -3.66. The number of ether oxygens (including phenoxy) is 3. The van der Waals surface area contributed by atoms with E-state index in [0.717, 1.165) is 23.4 Å². The molecule has 9 nitrogen and oxygen atoms in total. The van der Waals surface area contributed by atoms with E-state index in [-0.39, 0.29) is 25.2 Å². The van der Waals surface area contributed by atoms with Gasteiger partial charge in [0.25, 0.3) is 5.67 Å². The first-order chi connectivity index (χ1) is 22.3. The van der Waals surface area contributed by atoms with Crippen LogP contribution in [0, 0.1) is 29.1 Å². The van der Waals surface area contributed by atoms with Gasteiger partial charge in [-0.25, -0.2) is 14.0 Å². The second kappa shape index (κ2) is 13.7. The van der Waals surface area contributed by atoms with Crippen molar-refractivity contribution in [2.45, 2.75) is 111 Å². The Kier molecular flexibility index (Phi) is 10.6. The van der Waals surface area contributed by atoms with Crippen molar-refractivity contribution in [1.82, 2.24) is 10.3 Å². The molecule has 48 heavy (non-hydrogen) atoms. The van der Waals surface area contributed by atoms with Crippen LogP contribution in [-0.4, -0.2) is 64.2 Å². The number of halogens is 1. The number of nitrogens with one attached hydrogen (secondary N) is 1. The number of rotatable bonds is 5. The summed E-state index contributed by atoms with van der Waals surface area (Å²) in [6.07, 6.45) is 3.99. The average Bonchev–Trinajstić information content (AvgIpc) is 3.33. The summed E-state index contributed by atoms with van der Waals surface area (Å²) >= 11 is 0. The van der Waals surface area contributed by atoms with E-state index < -0.39 is 75.9 Å². The van der Waals surface area contributed by atoms with Crippen molar-refractivity contribution >= 4 is 40.6 Å². The molecule has 0 bridgehead atoms. The summed E-state index contributed by atoms with van der Waals surface area (Å²) in [6.45, 7) is 17.1. The van der Waals surface area contributed by atoms with Crippen LogP contribution >= 0.6 is 0 Å². The SMILES string of the molecule is CC[C@H]1OC(=O)[C@@](C)(F)C(=O)[C@H](C)[C@@H](C(C)(C)C)[C@](C)(OC/C=C/c2cnc3ccccc3c2)C[C@@H](C)C(=O)[C@H](C)[C@H]2NC(=O)O[C@@]21C. The number of nitrogens with zero attached hydrogens (tertiary/aromatic N) is 1. The van der Waals surface area contributed by atoms with E-state index in [1.807, 2.05) is 70.2 Å². The first-order valence-electron chi connectivity index (χ1n) is 16.9. The fraction of sp³-hybridized carbons (Fsp3) is 0.605. The van der Waals surface area contributed by atoms with E-state index in [0.29, 0.717) is 0 Å². The van der Waals surface area contributed by atoms with Crippen LogP contribution < -0.4 is 5.32 Å². The predicted octanol–water partition coefficient (Wildman–Crippen LogP) is 7.05. The Morgan fingerprint density at radius 2 is 1.73 bits per heavy atom. The van der Waals surface area contributed by atoms with E-state index in [9.17, 15) is 19.2 Å². The van der Waals surface area contributed by atoms with Crippen molar-refractivity contribution < 1.29 is 37.8 Å². The second-order valence-corrected chi connectivity index (χ2v) is 15.3. The molecule has 1 aromatic carbocycles. The molecule has 3 heterocycles. The molecule has 9 atom stereocenters. The highest BCUT2D eigenvalue weighted by Crippen LogP contribution is 2.48. The number of esters is 1. The molecule has 0 radical (unpaired) electrons. The molecule has 1 N–H and O–H groups in total. The molecule has 2 aliphatic heterocycles. The first-order valence-corrected chi connectivity index (χ1v) is 16.9. The second-order valence-electron chi connectivity index (χ2n) is 15.3. The summed E-state index contributed by atoms with van der Waals surface area (Å²) in [6, 6.07) is 8.96. The van der Waals surface area contributed by atoms with Gasteiger partial charge >= 0.3 is 12.1 Å². The number of cyclic esters (lactones) is 1. The van der Waals surface area contributed by atoms with E-state index in [1.54, 1.807) is 40.8 Å². The number of amides is 1. The van der Waals surface area contributed by atoms with Gasteiger partial charge in [-0.1, -0.05) is 78.8 Å². The molecule has 1 aromatic heterocycles. The fourth-order valence-electron chi connectivity index (χ4n) is 8.37. The van der Waals surface area contributed by atoms with Gasteiger partial charge in [0, 0.05) is 35.3 Å². The Morgan fingerprint density at radius 1 is 1.06 bits per heavy atom. The van der Waals surface area contributed by atoms with Crippen molar-refractivity contribution in [2.24, 2.45) is 29.1 Å². The molecule has 2 aromatic rings. The number of carbonyl (C=O) groups excluding carboxylic acids is 4. The van der Waals surface area contributed by atoms with Gasteiger partial charge in [-0.2, -0.15) is 0 Å². The van der Waals surface area contributed by atoms with Crippen LogP contribution in [0.1, 0.15) is 87.6 Å². The number of alkyl halides is 1. The lowest BCUT2D eigenvalue weighted by Gasteiger charge is -2.49. The quantitative estimate of drug-likeness (QED) is 0.266. The average molecular weight is 667 g/mol. The first kappa shape index (κ1) is 37.2. The summed E-state index contributed by atoms with van der Waals surface area (Å²) in [5.74, 6) is -5.43. The lowest BCUT2D eigenvalue weighted by molar-refractivity contribution is -0.183. The minimum Gasteiger partial charge on any atom is -0.455 e. The number of fused-ring (bicyclic) bond motifs is 2. The number of aromatic nitrogens is 1. The minimum absolute atomic E-state index is 0.130. The highest BCUT2D eigenvalue weighted by atomic mass is 19.1. The maximum atomic E-state index is 16.5. The van der Waals surface area contributed by atoms with Crippen LogP contribution in [-0.2, 0) is 28.6 Å². The Labute approximate surface area is 283 Å². The van der Waals surface area contributed by atoms with E-state index in [1.165, 1.54) is 0 Å². The lowest BCUT2D eigenvalue weighted by Crippen LogP contribution is -2.59. The van der Waals surface area contributed by atoms with Gasteiger partial charge in [0.05, 0.1) is 23.8 Å². The molecule has 2 aliphatic rings. The topological polar surface area (TPSA) is 121 Å². The van der Waals surface area contributed by atoms with Crippen LogP contribution in [0.4, 0.5) is 9.18 Å². The van der Waals surface area contributed by atoms with Crippen molar-refractivity contribution in [1.29, 1.82) is 0 Å². The van der Waals surface area contributed by atoms with Crippen LogP contribution in [0.5, 0.6) is 0 Å². The van der Waals surface area contributed by atoms with Crippen LogP contribution in [0.2, 0.25) is 0 Å². The number of para-hydroxylation sites is 1. The van der Waals surface area contributed by atoms with Crippen molar-refractivity contribution in [3.05, 3.63) is 48.2 Å². The highest BCUT2D eigenvalue weighted by Gasteiger charge is 2.59. The smallest absolute Gasteiger partial charge is 0.408 e. The number of pyridine rings is 1. The third kappa shape index (κ3) is 7.19. The van der Waals surface area contributed by atoms with E-state index in [4.69, 9.17) is 14.2 Å². The molecule has 4 rings (SSSR count). The summed E-state index contributed by atoms with van der Waals surface area (Å²) in [5.41, 5.74) is -4.49. The zero-order valence-corrected chi connectivity index (χ0v) is 29.9. The predicted molar refractivity (Wildman–Crippen MR) is 182 cm³/mol. The van der Waals surface area contributed by atoms with Crippen LogP contribution in [0.25, 0.3) is 17.0 Å². The van der Waals surface area contributed by atoms with E-state index >= 15 is 4.39 Å². The van der Waals surface area contributed by atoms with Crippen LogP contribution in [0.3, 0.4) is 0 Å². The van der Waals surface area contributed by atoms with Crippen molar-refractivity contribution in [3.8, 4) is 0 Å². The molecule has 0 unspecified atom stereocenters.